The van der Waals surface area contributed by atoms with Gasteiger partial charge in [-0.05, 0) is 12.1 Å². The first kappa shape index (κ1) is 48.0. The van der Waals surface area contributed by atoms with E-state index in [9.17, 15) is 33.6 Å². The van der Waals surface area contributed by atoms with Gasteiger partial charge in [-0.1, -0.05) is 87.8 Å². The Morgan fingerprint density at radius 2 is 1.21 bits per heavy atom. The molecule has 1 aromatic carbocycles. The molecule has 1 amide bonds. The summed E-state index contributed by atoms with van der Waals surface area (Å²) in [6.45, 7) is 2.98. The number of halogens is 6. The number of hydrogen-bond donors (Lipinski definition) is 2. The second-order valence-corrected chi connectivity index (χ2v) is 16.4. The molecule has 3 rings (SSSR count). The zero-order chi connectivity index (χ0) is 43.0. The molecule has 2 heterocycles. The van der Waals surface area contributed by atoms with Gasteiger partial charge >= 0.3 is 35.8 Å². The van der Waals surface area contributed by atoms with Gasteiger partial charge in [0.15, 0.2) is 36.8 Å². The highest BCUT2D eigenvalue weighted by Crippen LogP contribution is 2.37. The number of alkyl halides is 6. The fourth-order valence-corrected chi connectivity index (χ4v) is 5.66. The molecular weight excluding hydrogens is 897 g/mol. The highest BCUT2D eigenvalue weighted by Gasteiger charge is 2.59. The Balaban J connectivity index is 2.29. The molecule has 0 aliphatic carbocycles. The molecule has 0 bridgehead atoms. The Morgan fingerprint density at radius 1 is 0.684 bits per heavy atom. The van der Waals surface area contributed by atoms with Crippen LogP contribution in [0.5, 0.6) is 0 Å². The van der Waals surface area contributed by atoms with E-state index in [-0.39, 0.29) is 5.56 Å². The van der Waals surface area contributed by atoms with Gasteiger partial charge in [0.05, 0.1) is 12.7 Å². The standard InChI is InChI=1S/C32H34Cl6N2O17/c1-12(41)50-19-17(11-49-25(45)16-9-7-6-8-10-16)54-27(57-29(39)31(33,34)35)18(40-30(47)32(36,37)38)20(19)55-28-24(53-15(4)44)22(52-14(3)43)21(51-13(2)42)23(56-28)26(46)48-5/h6-10,17-24,27-28,39H,11H2,1-5H3,(H,40,47)/t17-,18-,19-,20-,21+,22+,23+,24-,27-,28-/m1/s1. The normalized spacial score (nSPS) is 27.4. The zero-order valence-corrected chi connectivity index (χ0v) is 34.6. The minimum Gasteiger partial charge on any atom is -0.467 e. The van der Waals surface area contributed by atoms with Crippen LogP contribution in [0.1, 0.15) is 38.1 Å². The molecular formula is C32H34Cl6N2O17. The molecule has 0 saturated carbocycles. The molecule has 19 nitrogen and oxygen atoms in total. The molecule has 0 spiro atoms. The maximum atomic E-state index is 13.2. The molecule has 2 saturated heterocycles. The van der Waals surface area contributed by atoms with E-state index in [0.29, 0.717) is 0 Å². The summed E-state index contributed by atoms with van der Waals surface area (Å²) in [7, 11) is 0.936. The van der Waals surface area contributed by atoms with Crippen LogP contribution in [0.3, 0.4) is 0 Å². The van der Waals surface area contributed by atoms with Crippen LogP contribution in [0.2, 0.25) is 0 Å². The molecule has 0 aromatic heterocycles. The number of rotatable bonds is 12. The molecule has 0 radical (unpaired) electrons. The average molecular weight is 931 g/mol. The summed E-state index contributed by atoms with van der Waals surface area (Å²) in [4.78, 5) is 89.1. The lowest BCUT2D eigenvalue weighted by atomic mass is 9.94. The summed E-state index contributed by atoms with van der Waals surface area (Å²) in [5, 5.41) is 10.5. The number of nitrogens with one attached hydrogen (secondary N) is 2. The Kier molecular flexibility index (Phi) is 17.3. The SMILES string of the molecule is COC(=O)[C@H]1O[C@@H](O[C@@H]2[C@@H](NC(=O)C(Cl)(Cl)Cl)[C@@H](OC(=N)C(Cl)(Cl)Cl)O[C@H](COC(=O)c3ccccc3)[C@H]2OC(C)=O)[C@H](OC(C)=O)[C@@H](OC(C)=O)[C@@H]1OC(C)=O. The van der Waals surface area contributed by atoms with Crippen LogP contribution >= 0.6 is 69.6 Å². The number of carbonyl (C=O) groups is 7. The van der Waals surface area contributed by atoms with Crippen molar-refractivity contribution in [2.75, 3.05) is 13.7 Å². The van der Waals surface area contributed by atoms with E-state index in [1.54, 1.807) is 18.2 Å². The Labute approximate surface area is 353 Å². The van der Waals surface area contributed by atoms with E-state index in [1.165, 1.54) is 12.1 Å². The number of esters is 6. The summed E-state index contributed by atoms with van der Waals surface area (Å²) in [5.41, 5.74) is 0.0799. The fourth-order valence-electron chi connectivity index (χ4n) is 5.36. The highest BCUT2D eigenvalue weighted by molar-refractivity contribution is 6.76. The van der Waals surface area contributed by atoms with Crippen molar-refractivity contribution in [2.45, 2.75) is 96.6 Å². The number of amides is 1. The van der Waals surface area contributed by atoms with Crippen LogP contribution in [-0.2, 0) is 76.1 Å². The summed E-state index contributed by atoms with van der Waals surface area (Å²) in [6, 6.07) is 5.63. The van der Waals surface area contributed by atoms with Crippen molar-refractivity contribution in [2.24, 2.45) is 0 Å². The number of benzene rings is 1. The van der Waals surface area contributed by atoms with Crippen molar-refractivity contribution in [3.8, 4) is 0 Å². The second kappa shape index (κ2) is 20.5. The maximum Gasteiger partial charge on any atom is 0.339 e. The van der Waals surface area contributed by atoms with Crippen molar-refractivity contribution in [1.82, 2.24) is 5.32 Å². The van der Waals surface area contributed by atoms with Crippen molar-refractivity contribution in [1.29, 1.82) is 5.41 Å². The molecule has 2 N–H and O–H groups in total. The molecule has 2 fully saturated rings. The predicted molar refractivity (Wildman–Crippen MR) is 194 cm³/mol. The van der Waals surface area contributed by atoms with Crippen LogP contribution in [0.25, 0.3) is 0 Å². The molecule has 2 aliphatic heterocycles. The minimum atomic E-state index is -2.73. The van der Waals surface area contributed by atoms with Crippen LogP contribution in [0, 0.1) is 5.41 Å². The predicted octanol–water partition coefficient (Wildman–Crippen LogP) is 2.80. The van der Waals surface area contributed by atoms with Gasteiger partial charge in [-0.15, -0.1) is 0 Å². The molecule has 0 unspecified atom stereocenters. The van der Waals surface area contributed by atoms with Crippen LogP contribution in [-0.4, -0.2) is 130 Å². The highest BCUT2D eigenvalue weighted by atomic mass is 35.6. The van der Waals surface area contributed by atoms with E-state index in [0.717, 1.165) is 34.8 Å². The number of ether oxygens (including phenoxy) is 10. The van der Waals surface area contributed by atoms with Crippen molar-refractivity contribution in [3.05, 3.63) is 35.9 Å². The maximum absolute atomic E-state index is 13.2. The van der Waals surface area contributed by atoms with Gasteiger partial charge in [0.25, 0.3) is 13.5 Å². The smallest absolute Gasteiger partial charge is 0.339 e. The Morgan fingerprint density at radius 3 is 1.72 bits per heavy atom. The second-order valence-electron chi connectivity index (χ2n) is 11.8. The average Bonchev–Trinajstić information content (AvgIpc) is 3.10. The Bertz CT molecular complexity index is 1680. The Hall–Kier alpha value is -3.40. The van der Waals surface area contributed by atoms with Gasteiger partial charge in [-0.25, -0.2) is 9.59 Å². The zero-order valence-electron chi connectivity index (χ0n) is 30.1. The molecule has 57 heavy (non-hydrogen) atoms. The third kappa shape index (κ3) is 13.6. The molecule has 1 aromatic rings. The van der Waals surface area contributed by atoms with Gasteiger partial charge in [0.1, 0.15) is 24.9 Å². The summed E-state index contributed by atoms with van der Waals surface area (Å²) >= 11 is 35.2. The van der Waals surface area contributed by atoms with E-state index >= 15 is 0 Å². The lowest BCUT2D eigenvalue weighted by Crippen LogP contribution is -2.70. The van der Waals surface area contributed by atoms with Gasteiger partial charge in [-0.3, -0.25) is 29.4 Å². The van der Waals surface area contributed by atoms with E-state index in [4.69, 9.17) is 122 Å². The molecule has 2 aliphatic rings. The molecule has 10 atom stereocenters. The van der Waals surface area contributed by atoms with Crippen LogP contribution < -0.4 is 5.32 Å². The molecule has 25 heteroatoms. The van der Waals surface area contributed by atoms with Crippen LogP contribution in [0.15, 0.2) is 30.3 Å². The quantitative estimate of drug-likeness (QED) is 0.101. The third-order valence-electron chi connectivity index (χ3n) is 7.51. The van der Waals surface area contributed by atoms with Gasteiger partial charge < -0.3 is 52.7 Å². The third-order valence-corrected chi connectivity index (χ3v) is 8.54. The lowest BCUT2D eigenvalue weighted by molar-refractivity contribution is -0.338. The topological polar surface area (TPSA) is 248 Å². The number of carbonyl (C=O) groups excluding carboxylic acids is 7. The van der Waals surface area contributed by atoms with E-state index in [2.05, 4.69) is 5.32 Å². The van der Waals surface area contributed by atoms with Gasteiger partial charge in [-0.2, -0.15) is 0 Å². The van der Waals surface area contributed by atoms with E-state index in [1.807, 2.05) is 0 Å². The first-order chi connectivity index (χ1) is 26.4. The monoisotopic (exact) mass is 928 g/mol. The number of methoxy groups -OCH3 is 1. The first-order valence-corrected chi connectivity index (χ1v) is 18.4. The van der Waals surface area contributed by atoms with Crippen molar-refractivity contribution < 1.29 is 80.9 Å². The molecule has 316 valence electrons. The summed E-state index contributed by atoms with van der Waals surface area (Å²) in [5.74, 6) is -8.77. The summed E-state index contributed by atoms with van der Waals surface area (Å²) < 4.78 is 50.2. The fraction of sp³-hybridized carbons (Fsp3) is 0.562. The van der Waals surface area contributed by atoms with Gasteiger partial charge in [0, 0.05) is 27.7 Å². The lowest BCUT2D eigenvalue weighted by Gasteiger charge is -2.49. The van der Waals surface area contributed by atoms with Gasteiger partial charge in [0.2, 0.25) is 12.2 Å². The number of hydrogen-bond acceptors (Lipinski definition) is 18. The largest absolute Gasteiger partial charge is 0.467 e. The summed E-state index contributed by atoms with van der Waals surface area (Å²) in [6.07, 6.45) is -17.4. The first-order valence-electron chi connectivity index (χ1n) is 16.1. The van der Waals surface area contributed by atoms with Crippen LogP contribution in [0.4, 0.5) is 0 Å². The van der Waals surface area contributed by atoms with E-state index < -0.39 is 123 Å². The van der Waals surface area contributed by atoms with Crippen molar-refractivity contribution >= 4 is 117 Å². The van der Waals surface area contributed by atoms with Crippen molar-refractivity contribution in [3.63, 3.8) is 0 Å². The minimum absolute atomic E-state index is 0.0799.